The fourth-order valence-corrected chi connectivity index (χ4v) is 3.06. The fourth-order valence-electron chi connectivity index (χ4n) is 2.61. The van der Waals surface area contributed by atoms with Gasteiger partial charge in [-0.05, 0) is 32.4 Å². The van der Waals surface area contributed by atoms with Crippen molar-refractivity contribution in [3.05, 3.63) is 29.3 Å². The Kier molecular flexibility index (Phi) is 4.68. The third-order valence-corrected chi connectivity index (χ3v) is 4.37. The van der Waals surface area contributed by atoms with Crippen LogP contribution < -0.4 is 4.90 Å². The highest BCUT2D eigenvalue weighted by Gasteiger charge is 2.20. The number of nitrogens with zero attached hydrogens (tertiary/aromatic N) is 2. The number of hydrogen-bond acceptors (Lipinski definition) is 2. The average molecular weight is 311 g/mol. The minimum Gasteiger partial charge on any atom is -0.369 e. The van der Waals surface area contributed by atoms with Crippen LogP contribution in [0.2, 0.25) is 0 Å². The molecule has 18 heavy (non-hydrogen) atoms. The molecule has 0 aromatic heterocycles. The standard InChI is InChI=1S/C15H23BrN2/c1-12(2)17-6-8-18(9-7-17)15-5-4-13(3)10-14(15)11-16/h4-5,10,12H,6-9,11H2,1-3H3. The van der Waals surface area contributed by atoms with Gasteiger partial charge in [-0.15, -0.1) is 0 Å². The van der Waals surface area contributed by atoms with Crippen molar-refractivity contribution in [2.75, 3.05) is 31.1 Å². The Morgan fingerprint density at radius 2 is 1.83 bits per heavy atom. The van der Waals surface area contributed by atoms with E-state index in [9.17, 15) is 0 Å². The van der Waals surface area contributed by atoms with E-state index in [1.807, 2.05) is 0 Å². The lowest BCUT2D eigenvalue weighted by Gasteiger charge is -2.38. The number of benzene rings is 1. The molecule has 1 saturated heterocycles. The summed E-state index contributed by atoms with van der Waals surface area (Å²) in [6, 6.07) is 7.45. The van der Waals surface area contributed by atoms with Crippen LogP contribution in [0.5, 0.6) is 0 Å². The quantitative estimate of drug-likeness (QED) is 0.789. The SMILES string of the molecule is Cc1ccc(N2CCN(C(C)C)CC2)c(CBr)c1. The lowest BCUT2D eigenvalue weighted by molar-refractivity contribution is 0.209. The molecule has 2 rings (SSSR count). The predicted molar refractivity (Wildman–Crippen MR) is 82.7 cm³/mol. The predicted octanol–water partition coefficient (Wildman–Crippen LogP) is 3.42. The van der Waals surface area contributed by atoms with Gasteiger partial charge in [0.1, 0.15) is 0 Å². The minimum atomic E-state index is 0.667. The Morgan fingerprint density at radius 1 is 1.17 bits per heavy atom. The number of alkyl halides is 1. The maximum atomic E-state index is 3.61. The first-order valence-electron chi connectivity index (χ1n) is 6.76. The number of halogens is 1. The number of hydrogen-bond donors (Lipinski definition) is 0. The van der Waals surface area contributed by atoms with Crippen LogP contribution in [0.4, 0.5) is 5.69 Å². The van der Waals surface area contributed by atoms with Crippen LogP contribution >= 0.6 is 15.9 Å². The summed E-state index contributed by atoms with van der Waals surface area (Å²) >= 11 is 3.61. The number of piperazine rings is 1. The molecule has 0 radical (unpaired) electrons. The van der Waals surface area contributed by atoms with Gasteiger partial charge in [0.05, 0.1) is 0 Å². The topological polar surface area (TPSA) is 6.48 Å². The van der Waals surface area contributed by atoms with Crippen molar-refractivity contribution in [3.63, 3.8) is 0 Å². The molecule has 2 nitrogen and oxygen atoms in total. The Hall–Kier alpha value is -0.540. The van der Waals surface area contributed by atoms with E-state index >= 15 is 0 Å². The second-order valence-corrected chi connectivity index (χ2v) is 5.94. The van der Waals surface area contributed by atoms with Gasteiger partial charge < -0.3 is 4.90 Å². The van der Waals surface area contributed by atoms with Crippen molar-refractivity contribution in [2.24, 2.45) is 0 Å². The van der Waals surface area contributed by atoms with E-state index in [1.165, 1.54) is 29.9 Å². The fraction of sp³-hybridized carbons (Fsp3) is 0.600. The van der Waals surface area contributed by atoms with Crippen LogP contribution in [0.25, 0.3) is 0 Å². The van der Waals surface area contributed by atoms with E-state index in [-0.39, 0.29) is 0 Å². The summed E-state index contributed by atoms with van der Waals surface area (Å²) in [6.07, 6.45) is 0. The smallest absolute Gasteiger partial charge is 0.0408 e. The van der Waals surface area contributed by atoms with E-state index in [1.54, 1.807) is 0 Å². The molecule has 1 fully saturated rings. The highest BCUT2D eigenvalue weighted by Crippen LogP contribution is 2.25. The van der Waals surface area contributed by atoms with Gasteiger partial charge in [0.2, 0.25) is 0 Å². The zero-order chi connectivity index (χ0) is 13.1. The van der Waals surface area contributed by atoms with Crippen molar-refractivity contribution < 1.29 is 0 Å². The van der Waals surface area contributed by atoms with E-state index in [4.69, 9.17) is 0 Å². The summed E-state index contributed by atoms with van der Waals surface area (Å²) in [5.41, 5.74) is 4.16. The van der Waals surface area contributed by atoms with Crippen molar-refractivity contribution in [3.8, 4) is 0 Å². The first-order valence-corrected chi connectivity index (χ1v) is 7.88. The zero-order valence-electron chi connectivity index (χ0n) is 11.6. The summed E-state index contributed by atoms with van der Waals surface area (Å²) < 4.78 is 0. The lowest BCUT2D eigenvalue weighted by atomic mass is 10.1. The number of aryl methyl sites for hydroxylation is 1. The molecule has 1 aliphatic heterocycles. The molecule has 100 valence electrons. The van der Waals surface area contributed by atoms with Gasteiger partial charge in [0, 0.05) is 43.2 Å². The van der Waals surface area contributed by atoms with Gasteiger partial charge in [0.25, 0.3) is 0 Å². The van der Waals surface area contributed by atoms with Crippen molar-refractivity contribution >= 4 is 21.6 Å². The maximum absolute atomic E-state index is 3.61. The third kappa shape index (κ3) is 3.07. The van der Waals surface area contributed by atoms with Crippen molar-refractivity contribution in [1.29, 1.82) is 0 Å². The molecule has 0 amide bonds. The largest absolute Gasteiger partial charge is 0.369 e. The molecule has 0 N–H and O–H groups in total. The molecule has 0 atom stereocenters. The van der Waals surface area contributed by atoms with E-state index in [0.717, 1.165) is 18.4 Å². The molecule has 1 heterocycles. The maximum Gasteiger partial charge on any atom is 0.0408 e. The Bertz CT molecular complexity index is 395. The Labute approximate surface area is 119 Å². The van der Waals surface area contributed by atoms with E-state index in [2.05, 4.69) is 64.7 Å². The van der Waals surface area contributed by atoms with Crippen LogP contribution in [-0.4, -0.2) is 37.1 Å². The third-order valence-electron chi connectivity index (χ3n) is 3.76. The summed E-state index contributed by atoms with van der Waals surface area (Å²) in [7, 11) is 0. The summed E-state index contributed by atoms with van der Waals surface area (Å²) in [5, 5.41) is 0.939. The van der Waals surface area contributed by atoms with Gasteiger partial charge in [-0.2, -0.15) is 0 Å². The van der Waals surface area contributed by atoms with Gasteiger partial charge >= 0.3 is 0 Å². The van der Waals surface area contributed by atoms with Crippen LogP contribution in [0.1, 0.15) is 25.0 Å². The van der Waals surface area contributed by atoms with Gasteiger partial charge in [0.15, 0.2) is 0 Å². The molecule has 1 aliphatic rings. The monoisotopic (exact) mass is 310 g/mol. The second-order valence-electron chi connectivity index (χ2n) is 5.38. The first kappa shape index (κ1) is 13.9. The molecule has 0 saturated carbocycles. The van der Waals surface area contributed by atoms with Crippen molar-refractivity contribution in [1.82, 2.24) is 4.90 Å². The highest BCUT2D eigenvalue weighted by molar-refractivity contribution is 9.08. The molecule has 0 aliphatic carbocycles. The van der Waals surface area contributed by atoms with Crippen molar-refractivity contribution in [2.45, 2.75) is 32.1 Å². The van der Waals surface area contributed by atoms with E-state index < -0.39 is 0 Å². The van der Waals surface area contributed by atoms with E-state index in [0.29, 0.717) is 6.04 Å². The molecular formula is C15H23BrN2. The van der Waals surface area contributed by atoms with Crippen LogP contribution in [0, 0.1) is 6.92 Å². The van der Waals surface area contributed by atoms with Crippen LogP contribution in [0.3, 0.4) is 0 Å². The molecule has 0 unspecified atom stereocenters. The molecule has 0 bridgehead atoms. The van der Waals surface area contributed by atoms with Gasteiger partial charge in [-0.1, -0.05) is 33.6 Å². The molecular weight excluding hydrogens is 288 g/mol. The second kappa shape index (κ2) is 6.07. The summed E-state index contributed by atoms with van der Waals surface area (Å²) in [6.45, 7) is 11.4. The molecule has 1 aromatic carbocycles. The minimum absolute atomic E-state index is 0.667. The molecule has 3 heteroatoms. The number of rotatable bonds is 3. The average Bonchev–Trinajstić information content (AvgIpc) is 2.38. The Morgan fingerprint density at radius 3 is 2.39 bits per heavy atom. The van der Waals surface area contributed by atoms with Gasteiger partial charge in [-0.25, -0.2) is 0 Å². The Balaban J connectivity index is 2.09. The molecule has 0 spiro atoms. The summed E-state index contributed by atoms with van der Waals surface area (Å²) in [5.74, 6) is 0. The lowest BCUT2D eigenvalue weighted by Crippen LogP contribution is -2.49. The first-order chi connectivity index (χ1) is 8.61. The van der Waals surface area contributed by atoms with Gasteiger partial charge in [-0.3, -0.25) is 4.90 Å². The highest BCUT2D eigenvalue weighted by atomic mass is 79.9. The molecule has 1 aromatic rings. The zero-order valence-corrected chi connectivity index (χ0v) is 13.2. The van der Waals surface area contributed by atoms with Crippen LogP contribution in [-0.2, 0) is 5.33 Å². The number of anilines is 1. The summed E-state index contributed by atoms with van der Waals surface area (Å²) in [4.78, 5) is 5.08. The normalized spacial score (nSPS) is 17.5. The van der Waals surface area contributed by atoms with Crippen LogP contribution in [0.15, 0.2) is 18.2 Å².